The average molecular weight is 1480 g/mol. The number of carbonyl (C=O) groups is 6. The number of nitrogens with one attached hydrogen (secondary N) is 2. The molecule has 8 aliphatic rings. The Morgan fingerprint density at radius 3 is 1.28 bits per heavy atom. The Morgan fingerprint density at radius 1 is 0.529 bits per heavy atom. The van der Waals surface area contributed by atoms with Crippen LogP contribution < -0.4 is 29.9 Å². The molecule has 4 aromatic carbocycles. The molecular weight excluding hydrogens is 1400 g/mol. The Kier molecular flexibility index (Phi) is 21.8. The summed E-state index contributed by atoms with van der Waals surface area (Å²) in [5.41, 5.74) is 3.26. The van der Waals surface area contributed by atoms with Crippen molar-refractivity contribution < 1.29 is 65.3 Å². The highest BCUT2D eigenvalue weighted by Gasteiger charge is 2.45. The Labute approximate surface area is 603 Å². The molecule has 2 N–H and O–H groups in total. The normalized spacial score (nSPS) is 23.9. The number of hydrogen-bond donors (Lipinski definition) is 2. The maximum Gasteiger partial charge on any atom is 0.338 e. The summed E-state index contributed by atoms with van der Waals surface area (Å²) in [4.78, 5) is 107. The van der Waals surface area contributed by atoms with Crippen molar-refractivity contribution in [3.63, 3.8) is 0 Å². The highest BCUT2D eigenvalue weighted by atomic mass is 35.5. The number of halogens is 6. The van der Waals surface area contributed by atoms with Crippen molar-refractivity contribution in [1.29, 1.82) is 0 Å². The molecule has 102 heavy (non-hydrogen) atoms. The number of urea groups is 2. The number of amides is 4. The number of anilines is 2. The fraction of sp³-hybridized carbons (Fsp3) is 0.417. The quantitative estimate of drug-likeness (QED) is 0.0601. The van der Waals surface area contributed by atoms with Gasteiger partial charge in [-0.1, -0.05) is 35.3 Å². The number of thiazole rings is 2. The number of ether oxygens (including phenoxy) is 4. The number of fused-ring (bicyclic) bond motifs is 2. The summed E-state index contributed by atoms with van der Waals surface area (Å²) in [6, 6.07) is 14.0. The van der Waals surface area contributed by atoms with E-state index in [4.69, 9.17) is 52.1 Å². The molecule has 0 unspecified atom stereocenters. The van der Waals surface area contributed by atoms with Gasteiger partial charge >= 0.3 is 24.0 Å². The number of ketones is 2. The molecule has 4 saturated heterocycles. The van der Waals surface area contributed by atoms with Crippen LogP contribution in [0, 0.1) is 35.1 Å². The number of aliphatic imine (C=N–C) groups is 2. The second-order valence-corrected chi connectivity index (χ2v) is 29.0. The summed E-state index contributed by atoms with van der Waals surface area (Å²) in [5, 5.41) is 11.7. The van der Waals surface area contributed by atoms with Crippen LogP contribution in [-0.4, -0.2) is 181 Å². The zero-order valence-corrected chi connectivity index (χ0v) is 59.4. The number of piperazine rings is 2. The molecule has 2 aromatic heterocycles. The molecule has 0 radical (unpaired) electrons. The lowest BCUT2D eigenvalue weighted by Gasteiger charge is -2.38. The Hall–Kier alpha value is -8.80. The molecule has 2 aliphatic carbocycles. The van der Waals surface area contributed by atoms with Crippen molar-refractivity contribution in [2.24, 2.45) is 21.8 Å². The van der Waals surface area contributed by atoms with Gasteiger partial charge in [-0.2, -0.15) is 0 Å². The Balaban J connectivity index is 0.000000182. The zero-order chi connectivity index (χ0) is 71.6. The number of benzene rings is 4. The van der Waals surface area contributed by atoms with Crippen molar-refractivity contribution in [2.45, 2.75) is 102 Å². The molecule has 2 saturated carbocycles. The minimum atomic E-state index is -0.890. The summed E-state index contributed by atoms with van der Waals surface area (Å²) in [5.74, 6) is -1.19. The maximum absolute atomic E-state index is 14.9. The lowest BCUT2D eigenvalue weighted by molar-refractivity contribution is -0.137. The molecule has 30 heteroatoms. The molecule has 14 rings (SSSR count). The van der Waals surface area contributed by atoms with E-state index in [9.17, 15) is 46.3 Å². The molecule has 6 aliphatic heterocycles. The van der Waals surface area contributed by atoms with Gasteiger partial charge in [-0.3, -0.25) is 39.2 Å². The number of hydrogen-bond acceptors (Lipinski definition) is 20. The van der Waals surface area contributed by atoms with E-state index in [-0.39, 0.29) is 94.0 Å². The van der Waals surface area contributed by atoms with Crippen LogP contribution in [0.15, 0.2) is 128 Å². The molecule has 4 amide bonds. The van der Waals surface area contributed by atoms with E-state index >= 15 is 0 Å². The van der Waals surface area contributed by atoms with E-state index in [1.807, 2.05) is 10.8 Å². The number of amidine groups is 2. The third-order valence-electron chi connectivity index (χ3n) is 19.9. The molecule has 4 atom stereocenters. The van der Waals surface area contributed by atoms with Gasteiger partial charge in [-0.05, 0) is 102 Å². The van der Waals surface area contributed by atoms with Crippen LogP contribution in [0.3, 0.4) is 0 Å². The van der Waals surface area contributed by atoms with Crippen molar-refractivity contribution in [1.82, 2.24) is 40.2 Å². The smallest absolute Gasteiger partial charge is 0.338 e. The fourth-order valence-corrected chi connectivity index (χ4v) is 16.5. The fourth-order valence-electron chi connectivity index (χ4n) is 14.7. The summed E-state index contributed by atoms with van der Waals surface area (Å²) in [6.07, 6.45) is 8.87. The van der Waals surface area contributed by atoms with E-state index in [0.717, 1.165) is 25.7 Å². The van der Waals surface area contributed by atoms with Gasteiger partial charge in [0.25, 0.3) is 0 Å². The minimum absolute atomic E-state index is 0.0484. The molecule has 6 aromatic rings. The highest BCUT2D eigenvalue weighted by molar-refractivity contribution is 7.12. The first-order valence-corrected chi connectivity index (χ1v) is 36.3. The van der Waals surface area contributed by atoms with Crippen molar-refractivity contribution in [3.05, 3.63) is 173 Å². The molecule has 22 nitrogen and oxygen atoms in total. The summed E-state index contributed by atoms with van der Waals surface area (Å²) in [6.45, 7) is 7.25. The van der Waals surface area contributed by atoms with E-state index in [1.165, 1.54) is 97.6 Å². The number of Topliss-reactive ketones (excluding diaryl/α,β-unsaturated/α-hetero) is 2. The lowest BCUT2D eigenvalue weighted by Crippen LogP contribution is -2.53. The molecule has 6 fully saturated rings. The van der Waals surface area contributed by atoms with Gasteiger partial charge in [0, 0.05) is 157 Å². The standard InChI is InChI=1S/2C36H37ClF2N6O5S/c2*1-20(46)21-3-6-26(7-4-21)50-27-14-23(39)13-24(16-27)45-18-25-17-43(10-11-44(25)36(45)48)19-30-31(35(47)49-2)32(28-8-5-22(38)15-29(28)37)42-33(41-30)34-40-9-12-51-34/h2*5,8-9,12-16,21,25-26,32H,3-4,6-7,10-11,17-19H2,1-2H3,(H,41,42)/t2*21?,25-,26?,32-/m00/s1. The first-order chi connectivity index (χ1) is 49.1. The van der Waals surface area contributed by atoms with E-state index in [1.54, 1.807) is 58.0 Å². The van der Waals surface area contributed by atoms with Crippen molar-refractivity contribution in [3.8, 4) is 11.5 Å². The van der Waals surface area contributed by atoms with E-state index < -0.39 is 47.3 Å². The largest absolute Gasteiger partial charge is 0.490 e. The van der Waals surface area contributed by atoms with Crippen LogP contribution in [0.25, 0.3) is 0 Å². The van der Waals surface area contributed by atoms with Crippen LogP contribution in [0.1, 0.15) is 98.4 Å². The van der Waals surface area contributed by atoms with Gasteiger partial charge in [0.1, 0.15) is 58.4 Å². The van der Waals surface area contributed by atoms with Crippen LogP contribution in [0.4, 0.5) is 38.5 Å². The minimum Gasteiger partial charge on any atom is -0.490 e. The van der Waals surface area contributed by atoms with E-state index in [0.29, 0.717) is 145 Å². The van der Waals surface area contributed by atoms with Gasteiger partial charge in [0.15, 0.2) is 21.7 Å². The highest BCUT2D eigenvalue weighted by Crippen LogP contribution is 2.42. The number of methoxy groups -OCH3 is 2. The molecule has 536 valence electrons. The SMILES string of the molecule is COC(=O)C1=C(CN2CCN3C(=O)N(c4cc(F)cc(OC5CCC(C(C)=O)CC5)c4)C[C@@H]3C2)NC(c2nccs2)=N[C@H]1c1ccc(F)cc1Cl.COC(=O)C1=C(CN2CCN3C(=O)N(c4cc(F)cc(OC5CCC(C(C)=O)CC5)c4)C[C@@H]3C2)NC(c2nccs2)=N[C@H]1c1ccc(F)cc1Cl. The van der Waals surface area contributed by atoms with Crippen LogP contribution in [0.5, 0.6) is 11.5 Å². The molecule has 0 spiro atoms. The number of aromatic nitrogens is 2. The Bertz CT molecular complexity index is 4070. The van der Waals surface area contributed by atoms with Crippen LogP contribution in [0.2, 0.25) is 10.0 Å². The molecule has 0 bridgehead atoms. The van der Waals surface area contributed by atoms with Gasteiger partial charge in [-0.15, -0.1) is 22.7 Å². The van der Waals surface area contributed by atoms with Crippen LogP contribution >= 0.6 is 45.9 Å². The number of rotatable bonds is 18. The van der Waals surface area contributed by atoms with E-state index in [2.05, 4.69) is 30.4 Å². The van der Waals surface area contributed by atoms with Gasteiger partial charge < -0.3 is 39.4 Å². The number of carbonyl (C=O) groups excluding carboxylic acids is 6. The monoisotopic (exact) mass is 1480 g/mol. The number of nitrogens with zero attached hydrogens (tertiary/aromatic N) is 10. The first-order valence-electron chi connectivity index (χ1n) is 33.7. The van der Waals surface area contributed by atoms with Gasteiger partial charge in [-0.25, -0.2) is 46.7 Å². The third-order valence-corrected chi connectivity index (χ3v) is 22.1. The summed E-state index contributed by atoms with van der Waals surface area (Å²) >= 11 is 15.7. The predicted molar refractivity (Wildman–Crippen MR) is 376 cm³/mol. The third kappa shape index (κ3) is 15.7. The topological polar surface area (TPSA) is 233 Å². The summed E-state index contributed by atoms with van der Waals surface area (Å²) in [7, 11) is 2.57. The first kappa shape index (κ1) is 71.6. The van der Waals surface area contributed by atoms with Gasteiger partial charge in [0.05, 0.1) is 61.0 Å². The van der Waals surface area contributed by atoms with Crippen LogP contribution in [-0.2, 0) is 28.7 Å². The lowest BCUT2D eigenvalue weighted by atomic mass is 9.85. The molecular formula is C72H74Cl2F4N12O10S2. The Morgan fingerprint density at radius 2 is 0.931 bits per heavy atom. The predicted octanol–water partition coefficient (Wildman–Crippen LogP) is 11.5. The molecule has 8 heterocycles. The zero-order valence-electron chi connectivity index (χ0n) is 56.2. The second kappa shape index (κ2) is 31.0. The summed E-state index contributed by atoms with van der Waals surface area (Å²) < 4.78 is 80.6. The van der Waals surface area contributed by atoms with Crippen molar-refractivity contribution in [2.75, 3.05) is 89.5 Å². The average Bonchev–Trinajstić information content (AvgIpc) is 1.44. The number of esters is 2. The second-order valence-electron chi connectivity index (χ2n) is 26.4. The van der Waals surface area contributed by atoms with Crippen molar-refractivity contribution >= 4 is 104 Å². The van der Waals surface area contributed by atoms with Gasteiger partial charge in [0.2, 0.25) is 0 Å². The maximum atomic E-state index is 14.9.